The van der Waals surface area contributed by atoms with Crippen molar-refractivity contribution in [2.24, 2.45) is 7.05 Å². The Balaban J connectivity index is 1.62. The molecule has 0 saturated carbocycles. The molecular weight excluding hydrogens is 301 g/mol. The average molecular weight is 317 g/mol. The predicted molar refractivity (Wildman–Crippen MR) is 84.4 cm³/mol. The van der Waals surface area contributed by atoms with E-state index in [1.807, 2.05) is 26.2 Å². The van der Waals surface area contributed by atoms with Crippen molar-refractivity contribution in [2.45, 2.75) is 19.9 Å². The van der Waals surface area contributed by atoms with Crippen molar-refractivity contribution in [2.75, 3.05) is 5.32 Å². The number of halogens is 1. The summed E-state index contributed by atoms with van der Waals surface area (Å²) in [6, 6.07) is 6.55. The third kappa shape index (κ3) is 3.48. The van der Waals surface area contributed by atoms with E-state index < -0.39 is 0 Å². The number of aromatic nitrogens is 4. The minimum atomic E-state index is -0.229. The second-order valence-corrected chi connectivity index (χ2v) is 6.14. The molecule has 0 atom stereocenters. The van der Waals surface area contributed by atoms with E-state index in [0.717, 1.165) is 27.0 Å². The fourth-order valence-corrected chi connectivity index (χ4v) is 2.98. The first-order valence-corrected chi connectivity index (χ1v) is 7.71. The van der Waals surface area contributed by atoms with Gasteiger partial charge in [0.05, 0.1) is 5.69 Å². The summed E-state index contributed by atoms with van der Waals surface area (Å²) in [5.41, 5.74) is 3.02. The molecule has 1 aromatic carbocycles. The van der Waals surface area contributed by atoms with Crippen LogP contribution in [-0.4, -0.2) is 20.0 Å². The minimum Gasteiger partial charge on any atom is -0.356 e. The summed E-state index contributed by atoms with van der Waals surface area (Å²) in [6.45, 7) is 2.64. The lowest BCUT2D eigenvalue weighted by Crippen LogP contribution is -1.99. The van der Waals surface area contributed by atoms with E-state index in [9.17, 15) is 4.39 Å². The first kappa shape index (κ1) is 14.6. The van der Waals surface area contributed by atoms with Crippen LogP contribution in [0.4, 0.5) is 9.52 Å². The largest absolute Gasteiger partial charge is 0.356 e. The van der Waals surface area contributed by atoms with Crippen LogP contribution in [0, 0.1) is 12.7 Å². The van der Waals surface area contributed by atoms with Crippen LogP contribution in [0.2, 0.25) is 0 Å². The molecule has 0 unspecified atom stereocenters. The van der Waals surface area contributed by atoms with E-state index in [4.69, 9.17) is 0 Å². The molecule has 0 saturated heterocycles. The molecule has 0 aliphatic heterocycles. The predicted octanol–water partition coefficient (Wildman–Crippen LogP) is 2.92. The molecule has 0 spiro atoms. The zero-order chi connectivity index (χ0) is 15.5. The SMILES string of the molecule is Cc1nn(C)cc1CNc1nnc(Cc2cccc(F)c2)s1. The van der Waals surface area contributed by atoms with Crippen molar-refractivity contribution in [1.29, 1.82) is 0 Å². The number of benzene rings is 1. The highest BCUT2D eigenvalue weighted by molar-refractivity contribution is 7.15. The lowest BCUT2D eigenvalue weighted by Gasteiger charge is -1.99. The van der Waals surface area contributed by atoms with Crippen LogP contribution in [0.3, 0.4) is 0 Å². The molecule has 2 heterocycles. The second-order valence-electron chi connectivity index (χ2n) is 5.07. The fourth-order valence-electron chi connectivity index (χ4n) is 2.21. The molecule has 2 aromatic heterocycles. The maximum atomic E-state index is 13.2. The Kier molecular flexibility index (Phi) is 4.15. The number of aryl methyl sites for hydroxylation is 2. The van der Waals surface area contributed by atoms with Crippen molar-refractivity contribution >= 4 is 16.5 Å². The van der Waals surface area contributed by atoms with E-state index in [2.05, 4.69) is 20.6 Å². The summed E-state index contributed by atoms with van der Waals surface area (Å²) in [4.78, 5) is 0. The van der Waals surface area contributed by atoms with Crippen molar-refractivity contribution in [3.63, 3.8) is 0 Å². The van der Waals surface area contributed by atoms with Crippen LogP contribution < -0.4 is 5.32 Å². The number of rotatable bonds is 5. The van der Waals surface area contributed by atoms with Gasteiger partial charge in [0.2, 0.25) is 5.13 Å². The van der Waals surface area contributed by atoms with Gasteiger partial charge in [-0.05, 0) is 24.6 Å². The molecule has 0 aliphatic carbocycles. The Bertz CT molecular complexity index is 780. The third-order valence-corrected chi connectivity index (χ3v) is 4.14. The Hall–Kier alpha value is -2.28. The number of hydrogen-bond acceptors (Lipinski definition) is 5. The van der Waals surface area contributed by atoms with E-state index in [-0.39, 0.29) is 5.82 Å². The first-order valence-electron chi connectivity index (χ1n) is 6.90. The van der Waals surface area contributed by atoms with Crippen molar-refractivity contribution in [1.82, 2.24) is 20.0 Å². The lowest BCUT2D eigenvalue weighted by molar-refractivity contribution is 0.626. The van der Waals surface area contributed by atoms with Crippen molar-refractivity contribution in [3.05, 3.63) is 58.1 Å². The fraction of sp³-hybridized carbons (Fsp3) is 0.267. The quantitative estimate of drug-likeness (QED) is 0.786. The Morgan fingerprint density at radius 2 is 2.18 bits per heavy atom. The highest BCUT2D eigenvalue weighted by Crippen LogP contribution is 2.20. The Morgan fingerprint density at radius 3 is 2.91 bits per heavy atom. The van der Waals surface area contributed by atoms with Crippen LogP contribution in [0.25, 0.3) is 0 Å². The van der Waals surface area contributed by atoms with Crippen LogP contribution in [0.1, 0.15) is 21.8 Å². The van der Waals surface area contributed by atoms with Gasteiger partial charge in [-0.15, -0.1) is 10.2 Å². The number of anilines is 1. The molecule has 3 rings (SSSR count). The molecule has 0 amide bonds. The topological polar surface area (TPSA) is 55.6 Å². The minimum absolute atomic E-state index is 0.229. The standard InChI is InChI=1S/C15H16FN5S/c1-10-12(9-21(2)20-10)8-17-15-19-18-14(22-15)7-11-4-3-5-13(16)6-11/h3-6,9H,7-8H2,1-2H3,(H,17,19). The molecule has 114 valence electrons. The Labute approximate surface area is 131 Å². The number of nitrogens with one attached hydrogen (secondary N) is 1. The summed E-state index contributed by atoms with van der Waals surface area (Å²) in [5, 5.41) is 17.4. The van der Waals surface area contributed by atoms with Gasteiger partial charge in [-0.25, -0.2) is 4.39 Å². The molecule has 1 N–H and O–H groups in total. The summed E-state index contributed by atoms with van der Waals surface area (Å²) in [7, 11) is 1.90. The van der Waals surface area contributed by atoms with Gasteiger partial charge in [-0.3, -0.25) is 4.68 Å². The van der Waals surface area contributed by atoms with E-state index >= 15 is 0 Å². The molecule has 0 radical (unpaired) electrons. The monoisotopic (exact) mass is 317 g/mol. The smallest absolute Gasteiger partial charge is 0.205 e. The van der Waals surface area contributed by atoms with Gasteiger partial charge < -0.3 is 5.32 Å². The average Bonchev–Trinajstić information content (AvgIpc) is 3.03. The van der Waals surface area contributed by atoms with Crippen LogP contribution in [0.5, 0.6) is 0 Å². The highest BCUT2D eigenvalue weighted by Gasteiger charge is 2.07. The third-order valence-electron chi connectivity index (χ3n) is 3.26. The molecule has 5 nitrogen and oxygen atoms in total. The van der Waals surface area contributed by atoms with Crippen LogP contribution in [0.15, 0.2) is 30.5 Å². The highest BCUT2D eigenvalue weighted by atomic mass is 32.1. The summed E-state index contributed by atoms with van der Waals surface area (Å²) in [5.74, 6) is -0.229. The van der Waals surface area contributed by atoms with E-state index in [1.165, 1.54) is 23.5 Å². The molecule has 0 bridgehead atoms. The molecule has 7 heteroatoms. The molecule has 3 aromatic rings. The maximum Gasteiger partial charge on any atom is 0.205 e. The molecular formula is C15H16FN5S. The molecule has 0 aliphatic rings. The van der Waals surface area contributed by atoms with Gasteiger partial charge in [0.1, 0.15) is 10.8 Å². The first-order chi connectivity index (χ1) is 10.6. The summed E-state index contributed by atoms with van der Waals surface area (Å²) < 4.78 is 15.0. The van der Waals surface area contributed by atoms with E-state index in [1.54, 1.807) is 10.7 Å². The van der Waals surface area contributed by atoms with E-state index in [0.29, 0.717) is 13.0 Å². The van der Waals surface area contributed by atoms with Gasteiger partial charge in [0.15, 0.2) is 0 Å². The van der Waals surface area contributed by atoms with Gasteiger partial charge in [-0.1, -0.05) is 23.5 Å². The lowest BCUT2D eigenvalue weighted by atomic mass is 10.1. The van der Waals surface area contributed by atoms with Gasteiger partial charge >= 0.3 is 0 Å². The summed E-state index contributed by atoms with van der Waals surface area (Å²) in [6.07, 6.45) is 2.57. The zero-order valence-electron chi connectivity index (χ0n) is 12.4. The summed E-state index contributed by atoms with van der Waals surface area (Å²) >= 11 is 1.48. The zero-order valence-corrected chi connectivity index (χ0v) is 13.2. The maximum absolute atomic E-state index is 13.2. The van der Waals surface area contributed by atoms with Crippen molar-refractivity contribution < 1.29 is 4.39 Å². The van der Waals surface area contributed by atoms with Crippen LogP contribution in [-0.2, 0) is 20.0 Å². The Morgan fingerprint density at radius 1 is 1.32 bits per heavy atom. The normalized spacial score (nSPS) is 10.9. The number of hydrogen-bond donors (Lipinski definition) is 1. The second kappa shape index (κ2) is 6.23. The van der Waals surface area contributed by atoms with Gasteiger partial charge in [0, 0.05) is 31.8 Å². The van der Waals surface area contributed by atoms with Gasteiger partial charge in [-0.2, -0.15) is 5.10 Å². The van der Waals surface area contributed by atoms with Gasteiger partial charge in [0.25, 0.3) is 0 Å². The van der Waals surface area contributed by atoms with Crippen LogP contribution >= 0.6 is 11.3 Å². The van der Waals surface area contributed by atoms with Crippen molar-refractivity contribution in [3.8, 4) is 0 Å². The molecule has 22 heavy (non-hydrogen) atoms. The number of nitrogens with zero attached hydrogens (tertiary/aromatic N) is 4. The molecule has 0 fully saturated rings.